The third kappa shape index (κ3) is 3.40. The second kappa shape index (κ2) is 7.44. The lowest BCUT2D eigenvalue weighted by Gasteiger charge is -2.09. The van der Waals surface area contributed by atoms with E-state index in [1.54, 1.807) is 60.7 Å². The van der Waals surface area contributed by atoms with Gasteiger partial charge >= 0.3 is 0 Å². The monoisotopic (exact) mass is 373 g/mol. The topological polar surface area (TPSA) is 64.0 Å². The number of nitrogens with zero attached hydrogens (tertiary/aromatic N) is 2. The standard InChI is InChI=1S/C22H16FN3O2/c23-19-7-3-1-5-16(19)13-24-21(27)15-9-11-17(12-10-15)26-14-25-20-8-4-2-6-18(20)22(26)28/h1-12,14H,13H2,(H,24,27). The van der Waals surface area contributed by atoms with Crippen LogP contribution in [-0.4, -0.2) is 15.5 Å². The largest absolute Gasteiger partial charge is 0.348 e. The molecule has 0 saturated heterocycles. The van der Waals surface area contributed by atoms with Crippen molar-refractivity contribution in [1.29, 1.82) is 0 Å². The van der Waals surface area contributed by atoms with E-state index in [9.17, 15) is 14.0 Å². The number of benzene rings is 3. The minimum Gasteiger partial charge on any atom is -0.348 e. The Morgan fingerprint density at radius 3 is 2.46 bits per heavy atom. The van der Waals surface area contributed by atoms with Crippen molar-refractivity contribution in [2.75, 3.05) is 0 Å². The highest BCUT2D eigenvalue weighted by atomic mass is 19.1. The number of rotatable bonds is 4. The molecule has 0 saturated carbocycles. The molecule has 138 valence electrons. The van der Waals surface area contributed by atoms with E-state index >= 15 is 0 Å². The summed E-state index contributed by atoms with van der Waals surface area (Å²) >= 11 is 0. The highest BCUT2D eigenvalue weighted by Gasteiger charge is 2.09. The van der Waals surface area contributed by atoms with Gasteiger partial charge in [-0.3, -0.25) is 14.2 Å². The van der Waals surface area contributed by atoms with Crippen molar-refractivity contribution in [3.63, 3.8) is 0 Å². The maximum Gasteiger partial charge on any atom is 0.265 e. The van der Waals surface area contributed by atoms with Crippen LogP contribution in [0.2, 0.25) is 0 Å². The van der Waals surface area contributed by atoms with Crippen LogP contribution in [0.15, 0.2) is 83.9 Å². The molecule has 4 aromatic rings. The molecule has 6 heteroatoms. The predicted molar refractivity (Wildman–Crippen MR) is 105 cm³/mol. The molecule has 4 rings (SSSR count). The predicted octanol–water partition coefficient (Wildman–Crippen LogP) is 3.45. The van der Waals surface area contributed by atoms with Crippen LogP contribution in [0.1, 0.15) is 15.9 Å². The molecule has 0 radical (unpaired) electrons. The van der Waals surface area contributed by atoms with Gasteiger partial charge < -0.3 is 5.32 Å². The van der Waals surface area contributed by atoms with Crippen LogP contribution in [0, 0.1) is 5.82 Å². The minimum atomic E-state index is -0.360. The van der Waals surface area contributed by atoms with Gasteiger partial charge in [0, 0.05) is 17.7 Å². The van der Waals surface area contributed by atoms with Gasteiger partial charge in [0.15, 0.2) is 0 Å². The zero-order valence-corrected chi connectivity index (χ0v) is 14.8. The molecular weight excluding hydrogens is 357 g/mol. The molecule has 1 heterocycles. The van der Waals surface area contributed by atoms with Gasteiger partial charge in [-0.15, -0.1) is 0 Å². The summed E-state index contributed by atoms with van der Waals surface area (Å²) in [7, 11) is 0. The quantitative estimate of drug-likeness (QED) is 0.596. The first-order valence-corrected chi connectivity index (χ1v) is 8.72. The average molecular weight is 373 g/mol. The Hall–Kier alpha value is -3.80. The average Bonchev–Trinajstić information content (AvgIpc) is 2.74. The van der Waals surface area contributed by atoms with Crippen molar-refractivity contribution in [3.05, 3.63) is 106 Å². The smallest absolute Gasteiger partial charge is 0.265 e. The molecule has 0 aliphatic heterocycles. The zero-order valence-electron chi connectivity index (χ0n) is 14.8. The van der Waals surface area contributed by atoms with E-state index in [-0.39, 0.29) is 23.8 Å². The molecule has 5 nitrogen and oxygen atoms in total. The fraction of sp³-hybridized carbons (Fsp3) is 0.0455. The fourth-order valence-corrected chi connectivity index (χ4v) is 2.95. The highest BCUT2D eigenvalue weighted by molar-refractivity contribution is 5.94. The Balaban J connectivity index is 1.54. The number of fused-ring (bicyclic) bond motifs is 1. The maximum atomic E-state index is 13.6. The lowest BCUT2D eigenvalue weighted by Crippen LogP contribution is -2.23. The van der Waals surface area contributed by atoms with Crippen LogP contribution in [0.25, 0.3) is 16.6 Å². The van der Waals surface area contributed by atoms with Crippen LogP contribution >= 0.6 is 0 Å². The molecule has 0 unspecified atom stereocenters. The van der Waals surface area contributed by atoms with E-state index in [0.717, 1.165) is 0 Å². The van der Waals surface area contributed by atoms with Crippen molar-refractivity contribution in [2.24, 2.45) is 0 Å². The van der Waals surface area contributed by atoms with Crippen molar-refractivity contribution >= 4 is 16.8 Å². The van der Waals surface area contributed by atoms with Gasteiger partial charge in [-0.25, -0.2) is 9.37 Å². The van der Waals surface area contributed by atoms with Crippen LogP contribution < -0.4 is 10.9 Å². The third-order valence-corrected chi connectivity index (χ3v) is 4.47. The normalized spacial score (nSPS) is 10.8. The van der Waals surface area contributed by atoms with E-state index in [2.05, 4.69) is 10.3 Å². The molecule has 1 amide bonds. The SMILES string of the molecule is O=C(NCc1ccccc1F)c1ccc(-n2cnc3ccccc3c2=O)cc1. The van der Waals surface area contributed by atoms with Crippen LogP contribution in [-0.2, 0) is 6.54 Å². The molecule has 1 N–H and O–H groups in total. The molecule has 0 fully saturated rings. The van der Waals surface area contributed by atoms with E-state index < -0.39 is 0 Å². The summed E-state index contributed by atoms with van der Waals surface area (Å²) in [5, 5.41) is 3.22. The minimum absolute atomic E-state index is 0.0985. The summed E-state index contributed by atoms with van der Waals surface area (Å²) in [6.45, 7) is 0.0985. The number of aromatic nitrogens is 2. The van der Waals surface area contributed by atoms with Gasteiger partial charge in [0.1, 0.15) is 12.1 Å². The molecule has 0 atom stereocenters. The first-order valence-electron chi connectivity index (χ1n) is 8.72. The molecule has 0 bridgehead atoms. The highest BCUT2D eigenvalue weighted by Crippen LogP contribution is 2.11. The molecule has 1 aromatic heterocycles. The van der Waals surface area contributed by atoms with Gasteiger partial charge in [-0.2, -0.15) is 0 Å². The van der Waals surface area contributed by atoms with Crippen LogP contribution in [0.4, 0.5) is 4.39 Å². The Kier molecular flexibility index (Phi) is 4.68. The first-order chi connectivity index (χ1) is 13.6. The summed E-state index contributed by atoms with van der Waals surface area (Å²) in [4.78, 5) is 29.2. The summed E-state index contributed by atoms with van der Waals surface area (Å²) in [5.74, 6) is -0.680. The summed E-state index contributed by atoms with van der Waals surface area (Å²) < 4.78 is 15.1. The molecule has 0 aliphatic rings. The van der Waals surface area contributed by atoms with Gasteiger partial charge in [0.2, 0.25) is 0 Å². The second-order valence-electron chi connectivity index (χ2n) is 6.26. The third-order valence-electron chi connectivity index (χ3n) is 4.47. The number of carbonyl (C=O) groups is 1. The van der Waals surface area contributed by atoms with E-state index in [0.29, 0.717) is 27.7 Å². The molecule has 0 aliphatic carbocycles. The number of para-hydroxylation sites is 1. The Morgan fingerprint density at radius 1 is 0.964 bits per heavy atom. The van der Waals surface area contributed by atoms with Crippen molar-refractivity contribution in [1.82, 2.24) is 14.9 Å². The van der Waals surface area contributed by atoms with Crippen LogP contribution in [0.3, 0.4) is 0 Å². The number of amides is 1. The van der Waals surface area contributed by atoms with Crippen molar-refractivity contribution < 1.29 is 9.18 Å². The Morgan fingerprint density at radius 2 is 1.68 bits per heavy atom. The molecular formula is C22H16FN3O2. The second-order valence-corrected chi connectivity index (χ2v) is 6.26. The van der Waals surface area contributed by atoms with Gasteiger partial charge in [0.25, 0.3) is 11.5 Å². The molecule has 28 heavy (non-hydrogen) atoms. The molecule has 0 spiro atoms. The lowest BCUT2D eigenvalue weighted by molar-refractivity contribution is 0.0950. The number of hydrogen-bond donors (Lipinski definition) is 1. The van der Waals surface area contributed by atoms with Gasteiger partial charge in [0.05, 0.1) is 16.6 Å². The van der Waals surface area contributed by atoms with E-state index in [1.165, 1.54) is 17.0 Å². The Bertz CT molecular complexity index is 1220. The summed E-state index contributed by atoms with van der Waals surface area (Å²) in [6, 6.07) is 20.0. The number of halogens is 1. The maximum absolute atomic E-state index is 13.6. The van der Waals surface area contributed by atoms with Gasteiger partial charge in [-0.1, -0.05) is 30.3 Å². The Labute approximate surface area is 160 Å². The van der Waals surface area contributed by atoms with E-state index in [1.807, 2.05) is 6.07 Å². The number of hydrogen-bond acceptors (Lipinski definition) is 3. The number of carbonyl (C=O) groups excluding carboxylic acids is 1. The van der Waals surface area contributed by atoms with Crippen molar-refractivity contribution in [3.8, 4) is 5.69 Å². The summed E-state index contributed by atoms with van der Waals surface area (Å²) in [6.07, 6.45) is 1.47. The molecule has 3 aromatic carbocycles. The van der Waals surface area contributed by atoms with E-state index in [4.69, 9.17) is 0 Å². The number of nitrogens with one attached hydrogen (secondary N) is 1. The first kappa shape index (κ1) is 17.6. The lowest BCUT2D eigenvalue weighted by atomic mass is 10.1. The van der Waals surface area contributed by atoms with Crippen molar-refractivity contribution in [2.45, 2.75) is 6.54 Å². The summed E-state index contributed by atoms with van der Waals surface area (Å²) in [5.41, 5.74) is 1.90. The fourth-order valence-electron chi connectivity index (χ4n) is 2.95. The van der Waals surface area contributed by atoms with Crippen LogP contribution in [0.5, 0.6) is 0 Å². The van der Waals surface area contributed by atoms with Gasteiger partial charge in [-0.05, 0) is 42.5 Å². The zero-order chi connectivity index (χ0) is 19.5.